The zero-order chi connectivity index (χ0) is 28.7. The molecule has 2 aromatic heterocycles. The monoisotopic (exact) mass is 559 g/mol. The number of nitrogens with one attached hydrogen (secondary N) is 3. The number of anilines is 4. The van der Waals surface area contributed by atoms with Crippen molar-refractivity contribution in [3.8, 4) is 0 Å². The van der Waals surface area contributed by atoms with Gasteiger partial charge in [0.05, 0.1) is 0 Å². The molecule has 0 unspecified atom stereocenters. The second kappa shape index (κ2) is 12.9. The van der Waals surface area contributed by atoms with Gasteiger partial charge in [0.1, 0.15) is 0 Å². The fourth-order valence-electron chi connectivity index (χ4n) is 3.91. The highest BCUT2D eigenvalue weighted by atomic mass is 32.2. The first kappa shape index (κ1) is 29.0. The molecule has 210 valence electrons. The van der Waals surface area contributed by atoms with Gasteiger partial charge in [0.25, 0.3) is 5.91 Å². The lowest BCUT2D eigenvalue weighted by atomic mass is 9.92. The molecule has 10 nitrogen and oxygen atoms in total. The highest BCUT2D eigenvalue weighted by Crippen LogP contribution is 2.29. The first-order valence-corrected chi connectivity index (χ1v) is 14.0. The normalized spacial score (nSPS) is 14.9. The number of rotatable bonds is 9. The maximum atomic E-state index is 12.6. The van der Waals surface area contributed by atoms with Gasteiger partial charge in [0.2, 0.25) is 11.9 Å². The van der Waals surface area contributed by atoms with E-state index < -0.39 is 0 Å². The van der Waals surface area contributed by atoms with Crippen molar-refractivity contribution in [1.29, 1.82) is 0 Å². The molecule has 3 aromatic rings. The van der Waals surface area contributed by atoms with Crippen molar-refractivity contribution < 1.29 is 4.79 Å². The largest absolute Gasteiger partial charge is 0.338 e. The maximum absolute atomic E-state index is 12.6. The third-order valence-electron chi connectivity index (χ3n) is 6.24. The number of hydrogen-bond acceptors (Lipinski definition) is 9. The molecule has 0 saturated carbocycles. The van der Waals surface area contributed by atoms with Crippen LogP contribution < -0.4 is 15.5 Å². The minimum atomic E-state index is -0.198. The molecular weight excluding hydrogens is 522 g/mol. The summed E-state index contributed by atoms with van der Waals surface area (Å²) in [5.74, 6) is 1.53. The van der Waals surface area contributed by atoms with Crippen molar-refractivity contribution in [3.63, 3.8) is 0 Å². The molecule has 3 heterocycles. The second-order valence-corrected chi connectivity index (χ2v) is 11.6. The van der Waals surface area contributed by atoms with Crippen molar-refractivity contribution in [2.45, 2.75) is 43.2 Å². The van der Waals surface area contributed by atoms with Gasteiger partial charge in [-0.15, -0.1) is 0 Å². The minimum Gasteiger partial charge on any atom is -0.338 e. The van der Waals surface area contributed by atoms with Gasteiger partial charge in [-0.1, -0.05) is 51.7 Å². The summed E-state index contributed by atoms with van der Waals surface area (Å²) < 4.78 is 0. The number of allylic oxidation sites excluding steroid dienone is 3. The molecule has 11 heteroatoms. The van der Waals surface area contributed by atoms with Crippen molar-refractivity contribution >= 4 is 41.1 Å². The summed E-state index contributed by atoms with van der Waals surface area (Å²) in [6.07, 6.45) is 6.84. The van der Waals surface area contributed by atoms with E-state index in [1.807, 2.05) is 43.3 Å². The van der Waals surface area contributed by atoms with Crippen LogP contribution in [-0.2, 0) is 10.2 Å². The lowest BCUT2D eigenvalue weighted by Crippen LogP contribution is -2.45. The molecule has 0 aliphatic carbocycles. The number of aromatic amines is 1. The summed E-state index contributed by atoms with van der Waals surface area (Å²) in [7, 11) is 2.12. The number of nitrogens with zero attached hydrogens (tertiary/aromatic N) is 6. The fraction of sp³-hybridized carbons (Fsp3) is 0.345. The third kappa shape index (κ3) is 7.80. The Morgan fingerprint density at radius 1 is 1.10 bits per heavy atom. The van der Waals surface area contributed by atoms with Crippen LogP contribution in [0.3, 0.4) is 0 Å². The number of carbonyl (C=O) groups excluding carboxylic acids is 1. The second-order valence-electron chi connectivity index (χ2n) is 10.5. The fourth-order valence-corrected chi connectivity index (χ4v) is 4.65. The van der Waals surface area contributed by atoms with E-state index in [1.165, 1.54) is 11.8 Å². The zero-order valence-electron chi connectivity index (χ0n) is 23.7. The smallest absolute Gasteiger partial charge is 0.255 e. The Morgan fingerprint density at radius 2 is 1.82 bits per heavy atom. The van der Waals surface area contributed by atoms with E-state index in [9.17, 15) is 4.79 Å². The van der Waals surface area contributed by atoms with Crippen molar-refractivity contribution in [2.24, 2.45) is 0 Å². The van der Waals surface area contributed by atoms with Crippen LogP contribution in [0.25, 0.3) is 0 Å². The Kier molecular flexibility index (Phi) is 9.38. The SMILES string of the molecule is C=CC=C(C=CC)C(=O)Nc1ccc(Sc2nc(Nc3cc(C(C)(C)C)[nH]n3)nc(N3CCN(C)CC3)n2)cc1. The van der Waals surface area contributed by atoms with Crippen molar-refractivity contribution in [3.05, 3.63) is 72.5 Å². The average Bonchev–Trinajstić information content (AvgIpc) is 3.39. The van der Waals surface area contributed by atoms with Crippen molar-refractivity contribution in [2.75, 3.05) is 48.8 Å². The molecule has 1 fully saturated rings. The van der Waals surface area contributed by atoms with Gasteiger partial charge < -0.3 is 20.4 Å². The van der Waals surface area contributed by atoms with E-state index in [1.54, 1.807) is 18.2 Å². The van der Waals surface area contributed by atoms with Gasteiger partial charge in [0.15, 0.2) is 11.0 Å². The van der Waals surface area contributed by atoms with E-state index in [0.29, 0.717) is 34.1 Å². The van der Waals surface area contributed by atoms with E-state index in [0.717, 1.165) is 36.8 Å². The van der Waals surface area contributed by atoms with E-state index in [2.05, 4.69) is 70.0 Å². The topological polar surface area (TPSA) is 115 Å². The average molecular weight is 560 g/mol. The quantitative estimate of drug-likeness (QED) is 0.241. The van der Waals surface area contributed by atoms with Crippen LogP contribution in [0, 0.1) is 0 Å². The third-order valence-corrected chi connectivity index (χ3v) is 7.12. The number of benzene rings is 1. The lowest BCUT2D eigenvalue weighted by molar-refractivity contribution is -0.112. The molecule has 0 atom stereocenters. The van der Waals surface area contributed by atoms with Gasteiger partial charge in [-0.2, -0.15) is 20.1 Å². The number of carbonyl (C=O) groups is 1. The molecule has 1 amide bonds. The molecule has 3 N–H and O–H groups in total. The predicted molar refractivity (Wildman–Crippen MR) is 162 cm³/mol. The number of amides is 1. The molecule has 0 spiro atoms. The van der Waals surface area contributed by atoms with Gasteiger partial charge in [-0.25, -0.2) is 0 Å². The molecule has 0 radical (unpaired) electrons. The molecular formula is C29H37N9OS. The Hall–Kier alpha value is -3.96. The van der Waals surface area contributed by atoms with Crippen LogP contribution in [0.5, 0.6) is 0 Å². The summed E-state index contributed by atoms with van der Waals surface area (Å²) >= 11 is 1.43. The van der Waals surface area contributed by atoms with Gasteiger partial charge >= 0.3 is 0 Å². The number of piperazine rings is 1. The summed E-state index contributed by atoms with van der Waals surface area (Å²) in [5, 5.41) is 14.2. The first-order chi connectivity index (χ1) is 19.1. The number of H-pyrrole nitrogens is 1. The predicted octanol–water partition coefficient (Wildman–Crippen LogP) is 5.17. The standard InChI is InChI=1S/C29H37N9OS/c1-7-9-20(10-8-2)25(39)30-21-11-13-22(14-12-21)40-28-33-26(31-24-19-23(35-36-24)29(3,4)5)32-27(34-28)38-17-15-37(6)16-18-38/h7-14,19H,1,15-18H2,2-6H3,(H,30,39)(H2,31,32,33,34,35,36). The maximum Gasteiger partial charge on any atom is 0.255 e. The molecule has 1 aliphatic rings. The van der Waals surface area contributed by atoms with E-state index >= 15 is 0 Å². The van der Waals surface area contributed by atoms with Crippen LogP contribution >= 0.6 is 11.8 Å². The lowest BCUT2D eigenvalue weighted by Gasteiger charge is -2.32. The Balaban J connectivity index is 1.54. The summed E-state index contributed by atoms with van der Waals surface area (Å²) in [6, 6.07) is 9.57. The minimum absolute atomic E-state index is 0.0557. The molecule has 1 aliphatic heterocycles. The van der Waals surface area contributed by atoms with E-state index in [4.69, 9.17) is 9.97 Å². The number of likely N-dealkylation sites (N-methyl/N-ethyl adjacent to an activating group) is 1. The van der Waals surface area contributed by atoms with Gasteiger partial charge in [0, 0.05) is 59.5 Å². The number of hydrogen-bond donors (Lipinski definition) is 3. The number of aromatic nitrogens is 5. The highest BCUT2D eigenvalue weighted by molar-refractivity contribution is 7.99. The molecule has 0 bridgehead atoms. The van der Waals surface area contributed by atoms with Crippen LogP contribution in [0.1, 0.15) is 33.4 Å². The summed E-state index contributed by atoms with van der Waals surface area (Å²) in [6.45, 7) is 15.5. The van der Waals surface area contributed by atoms with E-state index in [-0.39, 0.29) is 11.3 Å². The highest BCUT2D eigenvalue weighted by Gasteiger charge is 2.21. The molecule has 4 rings (SSSR count). The Labute approximate surface area is 240 Å². The Morgan fingerprint density at radius 3 is 2.45 bits per heavy atom. The zero-order valence-corrected chi connectivity index (χ0v) is 24.5. The summed E-state index contributed by atoms with van der Waals surface area (Å²) in [5.41, 5.74) is 2.19. The van der Waals surface area contributed by atoms with Crippen molar-refractivity contribution in [1.82, 2.24) is 30.0 Å². The van der Waals surface area contributed by atoms with Gasteiger partial charge in [-0.3, -0.25) is 9.89 Å². The van der Waals surface area contributed by atoms with Crippen LogP contribution in [0.4, 0.5) is 23.4 Å². The summed E-state index contributed by atoms with van der Waals surface area (Å²) in [4.78, 5) is 32.2. The van der Waals surface area contributed by atoms with Crippen LogP contribution in [0.15, 0.2) is 76.8 Å². The molecule has 1 saturated heterocycles. The Bertz CT molecular complexity index is 1380. The first-order valence-electron chi connectivity index (χ1n) is 13.2. The molecule has 1 aromatic carbocycles. The van der Waals surface area contributed by atoms with Gasteiger partial charge in [-0.05, 0) is 50.0 Å². The van der Waals surface area contributed by atoms with Crippen LogP contribution in [0.2, 0.25) is 0 Å². The van der Waals surface area contributed by atoms with Crippen LogP contribution in [-0.4, -0.2) is 69.2 Å². The molecule has 40 heavy (non-hydrogen) atoms.